The quantitative estimate of drug-likeness (QED) is 0.538. The maximum Gasteiger partial charge on any atom is 2.00 e. The Bertz CT molecular complexity index is 265. The Balaban J connectivity index is 0.000000215. The molecule has 0 saturated carbocycles. The van der Waals surface area contributed by atoms with E-state index >= 15 is 0 Å². The van der Waals surface area contributed by atoms with Gasteiger partial charge >= 0.3 is 19.5 Å². The van der Waals surface area contributed by atoms with Crippen molar-refractivity contribution in [1.29, 1.82) is 0 Å². The molecule has 0 spiro atoms. The smallest absolute Gasteiger partial charge is 0.484 e. The SMILES string of the molecule is Cc1[c-]cc(C)[nH]1.[Ru+2].[c-]1ccc[nH]1. The monoisotopic (exact) mass is 262 g/mol. The second-order valence-electron chi connectivity index (χ2n) is 2.54. The summed E-state index contributed by atoms with van der Waals surface area (Å²) in [6.07, 6.45) is 4.56. The average molecular weight is 261 g/mol. The summed E-state index contributed by atoms with van der Waals surface area (Å²) in [5.74, 6) is 0. The van der Waals surface area contributed by atoms with Crippen LogP contribution in [0.4, 0.5) is 0 Å². The molecule has 0 aliphatic heterocycles. The van der Waals surface area contributed by atoms with Gasteiger partial charge in [-0.1, -0.05) is 12.6 Å². The summed E-state index contributed by atoms with van der Waals surface area (Å²) in [6.45, 7) is 4.01. The van der Waals surface area contributed by atoms with E-state index in [2.05, 4.69) is 22.2 Å². The predicted octanol–water partition coefficient (Wildman–Crippen LogP) is 2.24. The van der Waals surface area contributed by atoms with Gasteiger partial charge in [-0.3, -0.25) is 0 Å². The fourth-order valence-corrected chi connectivity index (χ4v) is 0.825. The molecular weight excluding hydrogens is 249 g/mol. The summed E-state index contributed by atoms with van der Waals surface area (Å²) in [5.41, 5.74) is 2.29. The third kappa shape index (κ3) is 5.43. The van der Waals surface area contributed by atoms with Crippen molar-refractivity contribution in [3.63, 3.8) is 0 Å². The largest absolute Gasteiger partial charge is 2.00 e. The molecule has 0 atom stereocenters. The van der Waals surface area contributed by atoms with E-state index in [1.807, 2.05) is 38.2 Å². The van der Waals surface area contributed by atoms with Crippen molar-refractivity contribution in [1.82, 2.24) is 9.97 Å². The zero-order valence-corrected chi connectivity index (χ0v) is 9.40. The molecule has 70 valence electrons. The fraction of sp³-hybridized carbons (Fsp3) is 0.200. The standard InChI is InChI=1S/C6H8N.C4H4N.Ru/c1-5-3-4-6(2)7-5;1-2-4-5-3-1;/h3,7H,1-2H3;1-3,5H;/q2*-1;+2. The number of aromatic amines is 2. The second-order valence-corrected chi connectivity index (χ2v) is 2.54. The van der Waals surface area contributed by atoms with E-state index in [4.69, 9.17) is 0 Å². The number of aryl methyl sites for hydroxylation is 2. The molecule has 0 fully saturated rings. The first-order valence-electron chi connectivity index (χ1n) is 3.82. The fourth-order valence-electron chi connectivity index (χ4n) is 0.825. The molecule has 0 bridgehead atoms. The number of hydrogen-bond acceptors (Lipinski definition) is 0. The summed E-state index contributed by atoms with van der Waals surface area (Å²) >= 11 is 0. The zero-order valence-electron chi connectivity index (χ0n) is 7.66. The Morgan fingerprint density at radius 2 is 2.08 bits per heavy atom. The second kappa shape index (κ2) is 6.67. The Morgan fingerprint density at radius 3 is 2.23 bits per heavy atom. The van der Waals surface area contributed by atoms with Crippen LogP contribution in [-0.2, 0) is 19.5 Å². The van der Waals surface area contributed by atoms with Crippen molar-refractivity contribution >= 4 is 0 Å². The van der Waals surface area contributed by atoms with E-state index in [-0.39, 0.29) is 19.5 Å². The first-order valence-corrected chi connectivity index (χ1v) is 3.82. The van der Waals surface area contributed by atoms with Crippen molar-refractivity contribution in [3.8, 4) is 0 Å². The van der Waals surface area contributed by atoms with Gasteiger partial charge in [0.05, 0.1) is 0 Å². The van der Waals surface area contributed by atoms with Gasteiger partial charge in [0, 0.05) is 0 Å². The molecule has 2 heterocycles. The van der Waals surface area contributed by atoms with E-state index in [9.17, 15) is 0 Å². The molecular formula is C10H12N2Ru. The summed E-state index contributed by atoms with van der Waals surface area (Å²) < 4.78 is 0. The van der Waals surface area contributed by atoms with Gasteiger partial charge < -0.3 is 9.97 Å². The molecule has 3 heteroatoms. The van der Waals surface area contributed by atoms with Crippen molar-refractivity contribution < 1.29 is 19.5 Å². The summed E-state index contributed by atoms with van der Waals surface area (Å²) in [5, 5.41) is 0. The van der Waals surface area contributed by atoms with E-state index in [0.717, 1.165) is 5.69 Å². The molecule has 0 saturated heterocycles. The van der Waals surface area contributed by atoms with Crippen LogP contribution < -0.4 is 0 Å². The Morgan fingerprint density at radius 1 is 1.31 bits per heavy atom. The van der Waals surface area contributed by atoms with Crippen LogP contribution in [0.5, 0.6) is 0 Å². The van der Waals surface area contributed by atoms with E-state index < -0.39 is 0 Å². The maximum atomic E-state index is 3.08. The third-order valence-corrected chi connectivity index (χ3v) is 1.33. The molecule has 2 nitrogen and oxygen atoms in total. The van der Waals surface area contributed by atoms with Crippen LogP contribution in [0.1, 0.15) is 11.4 Å². The molecule has 2 rings (SSSR count). The summed E-state index contributed by atoms with van der Waals surface area (Å²) in [7, 11) is 0. The molecule has 0 unspecified atom stereocenters. The summed E-state index contributed by atoms with van der Waals surface area (Å²) in [6, 6.07) is 8.66. The number of hydrogen-bond donors (Lipinski definition) is 2. The molecule has 0 radical (unpaired) electrons. The minimum atomic E-state index is 0. The number of aromatic nitrogens is 2. The molecule has 13 heavy (non-hydrogen) atoms. The Labute approximate surface area is 91.5 Å². The van der Waals surface area contributed by atoms with Crippen molar-refractivity contribution in [3.05, 3.63) is 48.0 Å². The average Bonchev–Trinajstić information content (AvgIpc) is 2.63. The summed E-state index contributed by atoms with van der Waals surface area (Å²) in [4.78, 5) is 5.82. The van der Waals surface area contributed by atoms with Crippen LogP contribution in [0, 0.1) is 26.1 Å². The van der Waals surface area contributed by atoms with Gasteiger partial charge in [-0.15, -0.1) is 11.9 Å². The third-order valence-electron chi connectivity index (χ3n) is 1.33. The molecule has 2 aromatic rings. The topological polar surface area (TPSA) is 31.6 Å². The van der Waals surface area contributed by atoms with Gasteiger partial charge in [0.15, 0.2) is 0 Å². The maximum absolute atomic E-state index is 3.08. The molecule has 0 aliphatic rings. The van der Waals surface area contributed by atoms with Crippen LogP contribution >= 0.6 is 0 Å². The van der Waals surface area contributed by atoms with Gasteiger partial charge in [0.25, 0.3) is 0 Å². The molecule has 0 amide bonds. The predicted molar refractivity (Wildman–Crippen MR) is 48.7 cm³/mol. The first-order chi connectivity index (χ1) is 5.79. The molecule has 0 aromatic carbocycles. The minimum Gasteiger partial charge on any atom is -0.484 e. The van der Waals surface area contributed by atoms with Crippen LogP contribution in [0.3, 0.4) is 0 Å². The Kier molecular flexibility index (Phi) is 6.25. The van der Waals surface area contributed by atoms with Crippen LogP contribution in [0.2, 0.25) is 0 Å². The van der Waals surface area contributed by atoms with Gasteiger partial charge in [-0.25, -0.2) is 12.1 Å². The number of H-pyrrole nitrogens is 2. The van der Waals surface area contributed by atoms with E-state index in [1.54, 1.807) is 0 Å². The van der Waals surface area contributed by atoms with Crippen LogP contribution in [-0.4, -0.2) is 9.97 Å². The van der Waals surface area contributed by atoms with E-state index in [1.165, 1.54) is 5.69 Å². The van der Waals surface area contributed by atoms with E-state index in [0.29, 0.717) is 0 Å². The van der Waals surface area contributed by atoms with Crippen molar-refractivity contribution in [2.45, 2.75) is 13.8 Å². The van der Waals surface area contributed by atoms with Crippen molar-refractivity contribution in [2.24, 2.45) is 0 Å². The normalized spacial score (nSPS) is 8.15. The van der Waals surface area contributed by atoms with Gasteiger partial charge in [0.1, 0.15) is 0 Å². The van der Waals surface area contributed by atoms with Gasteiger partial charge in [-0.2, -0.15) is 18.3 Å². The van der Waals surface area contributed by atoms with Crippen molar-refractivity contribution in [2.75, 3.05) is 0 Å². The number of nitrogens with one attached hydrogen (secondary N) is 2. The molecule has 2 N–H and O–H groups in total. The first kappa shape index (κ1) is 12.2. The molecule has 0 aliphatic carbocycles. The minimum absolute atomic E-state index is 0. The number of rotatable bonds is 0. The van der Waals surface area contributed by atoms with Crippen LogP contribution in [0.15, 0.2) is 24.4 Å². The van der Waals surface area contributed by atoms with Gasteiger partial charge in [0.2, 0.25) is 0 Å². The van der Waals surface area contributed by atoms with Gasteiger partial charge in [-0.05, 0) is 6.92 Å². The molecule has 2 aromatic heterocycles. The van der Waals surface area contributed by atoms with Crippen LogP contribution in [0.25, 0.3) is 0 Å². The Hall–Kier alpha value is -0.817. The zero-order chi connectivity index (χ0) is 8.81.